The largest absolute Gasteiger partial charge is 0.416 e. The van der Waals surface area contributed by atoms with Crippen molar-refractivity contribution in [1.82, 2.24) is 0 Å². The molecule has 0 amide bonds. The van der Waals surface area contributed by atoms with Gasteiger partial charge in [-0.05, 0) is 30.9 Å². The van der Waals surface area contributed by atoms with E-state index in [9.17, 15) is 23.3 Å². The lowest BCUT2D eigenvalue weighted by molar-refractivity contribution is -0.384. The smallest absolute Gasteiger partial charge is 0.377 e. The van der Waals surface area contributed by atoms with E-state index >= 15 is 0 Å². The number of hydrogen-bond acceptors (Lipinski definition) is 3. The molecule has 0 heterocycles. The SMILES string of the molecule is CC1CC(Nc2ccc(C(F)(F)F)cc2[N+](=O)[O-])C1. The number of benzene rings is 1. The summed E-state index contributed by atoms with van der Waals surface area (Å²) in [4.78, 5) is 10.1. The van der Waals surface area contributed by atoms with Gasteiger partial charge in [0.1, 0.15) is 5.69 Å². The van der Waals surface area contributed by atoms with Gasteiger partial charge < -0.3 is 5.32 Å². The third-order valence-corrected chi connectivity index (χ3v) is 3.26. The lowest BCUT2D eigenvalue weighted by atomic mass is 9.82. The van der Waals surface area contributed by atoms with Gasteiger partial charge in [0.25, 0.3) is 5.69 Å². The average Bonchev–Trinajstić information content (AvgIpc) is 2.25. The zero-order valence-corrected chi connectivity index (χ0v) is 10.2. The molecule has 7 heteroatoms. The Hall–Kier alpha value is -1.79. The first-order chi connectivity index (χ1) is 8.77. The van der Waals surface area contributed by atoms with Gasteiger partial charge in [0.15, 0.2) is 0 Å². The Morgan fingerprint density at radius 3 is 2.47 bits per heavy atom. The molecule has 0 unspecified atom stereocenters. The molecule has 0 radical (unpaired) electrons. The fourth-order valence-electron chi connectivity index (χ4n) is 2.22. The number of rotatable bonds is 3. The third-order valence-electron chi connectivity index (χ3n) is 3.26. The van der Waals surface area contributed by atoms with Crippen LogP contribution in [-0.4, -0.2) is 11.0 Å². The molecule has 0 bridgehead atoms. The number of halogens is 3. The minimum Gasteiger partial charge on any atom is -0.377 e. The number of nitrogens with zero attached hydrogens (tertiary/aromatic N) is 1. The number of alkyl halides is 3. The molecule has 0 aliphatic heterocycles. The van der Waals surface area contributed by atoms with Gasteiger partial charge >= 0.3 is 6.18 Å². The molecule has 1 fully saturated rings. The molecule has 19 heavy (non-hydrogen) atoms. The summed E-state index contributed by atoms with van der Waals surface area (Å²) >= 11 is 0. The molecule has 0 spiro atoms. The van der Waals surface area contributed by atoms with Crippen LogP contribution in [0.2, 0.25) is 0 Å². The number of hydrogen-bond donors (Lipinski definition) is 1. The Morgan fingerprint density at radius 1 is 1.37 bits per heavy atom. The molecule has 1 aliphatic rings. The van der Waals surface area contributed by atoms with Crippen molar-refractivity contribution in [2.45, 2.75) is 32.0 Å². The van der Waals surface area contributed by atoms with Crippen LogP contribution in [0.1, 0.15) is 25.3 Å². The molecule has 1 aromatic rings. The van der Waals surface area contributed by atoms with E-state index < -0.39 is 22.4 Å². The predicted molar refractivity (Wildman–Crippen MR) is 63.9 cm³/mol. The Balaban J connectivity index is 2.25. The first-order valence-corrected chi connectivity index (χ1v) is 5.89. The normalized spacial score (nSPS) is 22.7. The highest BCUT2D eigenvalue weighted by atomic mass is 19.4. The number of nitro groups is 1. The summed E-state index contributed by atoms with van der Waals surface area (Å²) < 4.78 is 37.5. The molecule has 1 N–H and O–H groups in total. The van der Waals surface area contributed by atoms with Crippen molar-refractivity contribution >= 4 is 11.4 Å². The third kappa shape index (κ3) is 2.97. The van der Waals surface area contributed by atoms with Gasteiger partial charge in [-0.1, -0.05) is 6.92 Å². The quantitative estimate of drug-likeness (QED) is 0.673. The Morgan fingerprint density at radius 2 is 2.00 bits per heavy atom. The van der Waals surface area contributed by atoms with Crippen molar-refractivity contribution < 1.29 is 18.1 Å². The molecule has 0 atom stereocenters. The van der Waals surface area contributed by atoms with Gasteiger partial charge in [0.05, 0.1) is 10.5 Å². The van der Waals surface area contributed by atoms with E-state index in [1.54, 1.807) is 0 Å². The van der Waals surface area contributed by atoms with Crippen LogP contribution in [0.15, 0.2) is 18.2 Å². The van der Waals surface area contributed by atoms with Crippen LogP contribution in [0.5, 0.6) is 0 Å². The monoisotopic (exact) mass is 274 g/mol. The van der Waals surface area contributed by atoms with Crippen LogP contribution >= 0.6 is 0 Å². The van der Waals surface area contributed by atoms with E-state index in [0.29, 0.717) is 12.0 Å². The summed E-state index contributed by atoms with van der Waals surface area (Å²) in [6, 6.07) is 2.66. The summed E-state index contributed by atoms with van der Waals surface area (Å²) in [5, 5.41) is 13.8. The molecule has 0 saturated heterocycles. The highest BCUT2D eigenvalue weighted by Crippen LogP contribution is 2.37. The molecule has 2 rings (SSSR count). The highest BCUT2D eigenvalue weighted by Gasteiger charge is 2.34. The zero-order chi connectivity index (χ0) is 14.2. The molecule has 104 valence electrons. The summed E-state index contributed by atoms with van der Waals surface area (Å²) in [5.74, 6) is 0.547. The van der Waals surface area contributed by atoms with Crippen molar-refractivity contribution in [2.24, 2.45) is 5.92 Å². The van der Waals surface area contributed by atoms with Crippen LogP contribution in [0, 0.1) is 16.0 Å². The predicted octanol–water partition coefficient (Wildman–Crippen LogP) is 3.82. The van der Waals surface area contributed by atoms with Crippen LogP contribution in [-0.2, 0) is 6.18 Å². The van der Waals surface area contributed by atoms with Gasteiger partial charge in [-0.25, -0.2) is 0 Å². The molecule has 0 aromatic heterocycles. The second-order valence-electron chi connectivity index (χ2n) is 4.90. The Kier molecular flexibility index (Phi) is 3.38. The van der Waals surface area contributed by atoms with E-state index in [-0.39, 0.29) is 11.7 Å². The summed E-state index contributed by atoms with van der Waals surface area (Å²) in [7, 11) is 0. The molecular weight excluding hydrogens is 261 g/mol. The standard InChI is InChI=1S/C12H13F3N2O2/c1-7-4-9(5-7)16-10-3-2-8(12(13,14)15)6-11(10)17(18)19/h2-3,6-7,9,16H,4-5H2,1H3. The van der Waals surface area contributed by atoms with Gasteiger partial charge in [0, 0.05) is 12.1 Å². The average molecular weight is 274 g/mol. The van der Waals surface area contributed by atoms with Crippen LogP contribution in [0.3, 0.4) is 0 Å². The first-order valence-electron chi connectivity index (χ1n) is 5.89. The summed E-state index contributed by atoms with van der Waals surface area (Å²) in [6.07, 6.45) is -2.83. The van der Waals surface area contributed by atoms with Crippen molar-refractivity contribution in [3.8, 4) is 0 Å². The van der Waals surface area contributed by atoms with Gasteiger partial charge in [0.2, 0.25) is 0 Å². The molecule has 1 saturated carbocycles. The maximum atomic E-state index is 12.5. The van der Waals surface area contributed by atoms with Crippen LogP contribution in [0.25, 0.3) is 0 Å². The van der Waals surface area contributed by atoms with Gasteiger partial charge in [-0.3, -0.25) is 10.1 Å². The van der Waals surface area contributed by atoms with E-state index in [0.717, 1.165) is 25.0 Å². The molecule has 4 nitrogen and oxygen atoms in total. The second kappa shape index (κ2) is 4.71. The summed E-state index contributed by atoms with van der Waals surface area (Å²) in [6.45, 7) is 2.05. The van der Waals surface area contributed by atoms with Crippen molar-refractivity contribution in [3.05, 3.63) is 33.9 Å². The topological polar surface area (TPSA) is 55.2 Å². The number of nitrogens with one attached hydrogen (secondary N) is 1. The fraction of sp³-hybridized carbons (Fsp3) is 0.500. The van der Waals surface area contributed by atoms with Gasteiger partial charge in [-0.15, -0.1) is 0 Å². The lowest BCUT2D eigenvalue weighted by Gasteiger charge is -2.33. The summed E-state index contributed by atoms with van der Waals surface area (Å²) in [5.41, 5.74) is -1.39. The van der Waals surface area contributed by atoms with Gasteiger partial charge in [-0.2, -0.15) is 13.2 Å². The van der Waals surface area contributed by atoms with Crippen molar-refractivity contribution in [1.29, 1.82) is 0 Å². The number of anilines is 1. The van der Waals surface area contributed by atoms with E-state index in [1.807, 2.05) is 0 Å². The van der Waals surface area contributed by atoms with Crippen molar-refractivity contribution in [2.75, 3.05) is 5.32 Å². The van der Waals surface area contributed by atoms with E-state index in [4.69, 9.17) is 0 Å². The maximum Gasteiger partial charge on any atom is 0.416 e. The molecule has 1 aromatic carbocycles. The Labute approximate surface area is 107 Å². The first kappa shape index (κ1) is 13.6. The van der Waals surface area contributed by atoms with E-state index in [2.05, 4.69) is 12.2 Å². The van der Waals surface area contributed by atoms with Crippen molar-refractivity contribution in [3.63, 3.8) is 0 Å². The van der Waals surface area contributed by atoms with Crippen LogP contribution in [0.4, 0.5) is 24.5 Å². The van der Waals surface area contributed by atoms with Crippen LogP contribution < -0.4 is 5.32 Å². The second-order valence-corrected chi connectivity index (χ2v) is 4.90. The minimum atomic E-state index is -4.58. The lowest BCUT2D eigenvalue weighted by Crippen LogP contribution is -2.34. The molecule has 1 aliphatic carbocycles. The van der Waals surface area contributed by atoms with E-state index in [1.165, 1.54) is 0 Å². The Bertz CT molecular complexity index is 496. The highest BCUT2D eigenvalue weighted by molar-refractivity contribution is 5.63. The maximum absolute atomic E-state index is 12.5. The molecular formula is C12H13F3N2O2. The minimum absolute atomic E-state index is 0.102. The fourth-order valence-corrected chi connectivity index (χ4v) is 2.22. The number of nitro benzene ring substituents is 1. The zero-order valence-electron chi connectivity index (χ0n) is 10.2.